The minimum atomic E-state index is -1.34. The zero-order valence-corrected chi connectivity index (χ0v) is 11.7. The van der Waals surface area contributed by atoms with Crippen LogP contribution in [0.25, 0.3) is 0 Å². The van der Waals surface area contributed by atoms with Crippen LogP contribution in [-0.4, -0.2) is 28.1 Å². The lowest BCUT2D eigenvalue weighted by atomic mass is 10.2. The molecular formula is C14H18N2O4. The van der Waals surface area contributed by atoms with Gasteiger partial charge in [0.15, 0.2) is 5.57 Å². The predicted octanol–water partition coefficient (Wildman–Crippen LogP) is 2.11. The Labute approximate surface area is 117 Å². The van der Waals surface area contributed by atoms with Crippen LogP contribution in [0.2, 0.25) is 0 Å². The van der Waals surface area contributed by atoms with Crippen molar-refractivity contribution in [3.63, 3.8) is 0 Å². The van der Waals surface area contributed by atoms with Crippen LogP contribution in [-0.2, 0) is 14.3 Å². The molecule has 1 aromatic rings. The van der Waals surface area contributed by atoms with Gasteiger partial charge in [-0.15, -0.1) is 0 Å². The second-order valence-electron chi connectivity index (χ2n) is 4.32. The largest absolute Gasteiger partial charge is 0.477 e. The summed E-state index contributed by atoms with van der Waals surface area (Å²) in [4.78, 5) is 26.8. The topological polar surface area (TPSA) is 88.5 Å². The van der Waals surface area contributed by atoms with Crippen molar-refractivity contribution in [2.75, 3.05) is 5.32 Å². The van der Waals surface area contributed by atoms with Crippen LogP contribution in [0.1, 0.15) is 26.0 Å². The van der Waals surface area contributed by atoms with E-state index >= 15 is 0 Å². The SMILES string of the molecule is CCC(C)OC(=O)C(=CNc1ccc(C)nc1)C(=O)O. The van der Waals surface area contributed by atoms with Crippen molar-refractivity contribution < 1.29 is 19.4 Å². The molecule has 20 heavy (non-hydrogen) atoms. The molecule has 1 unspecified atom stereocenters. The molecule has 0 spiro atoms. The van der Waals surface area contributed by atoms with Crippen molar-refractivity contribution in [3.05, 3.63) is 35.8 Å². The van der Waals surface area contributed by atoms with Gasteiger partial charge in [-0.2, -0.15) is 0 Å². The van der Waals surface area contributed by atoms with E-state index in [4.69, 9.17) is 9.84 Å². The summed E-state index contributed by atoms with van der Waals surface area (Å²) in [6.45, 7) is 5.39. The van der Waals surface area contributed by atoms with E-state index in [0.29, 0.717) is 12.1 Å². The maximum atomic E-state index is 11.7. The number of anilines is 1. The summed E-state index contributed by atoms with van der Waals surface area (Å²) >= 11 is 0. The second-order valence-corrected chi connectivity index (χ2v) is 4.32. The van der Waals surface area contributed by atoms with Gasteiger partial charge in [0.2, 0.25) is 0 Å². The minimum absolute atomic E-state index is 0.328. The van der Waals surface area contributed by atoms with Crippen LogP contribution in [0.15, 0.2) is 30.1 Å². The lowest BCUT2D eigenvalue weighted by Crippen LogP contribution is -2.21. The van der Waals surface area contributed by atoms with Crippen LogP contribution in [0.4, 0.5) is 5.69 Å². The Balaban J connectivity index is 2.80. The number of nitrogens with zero attached hydrogens (tertiary/aromatic N) is 1. The third kappa shape index (κ3) is 4.72. The van der Waals surface area contributed by atoms with Crippen molar-refractivity contribution in [3.8, 4) is 0 Å². The van der Waals surface area contributed by atoms with Gasteiger partial charge in [0.1, 0.15) is 0 Å². The summed E-state index contributed by atoms with van der Waals surface area (Å²) in [6, 6.07) is 3.51. The summed E-state index contributed by atoms with van der Waals surface area (Å²) in [6.07, 6.45) is 2.95. The Morgan fingerprint density at radius 2 is 2.20 bits per heavy atom. The van der Waals surface area contributed by atoms with Gasteiger partial charge in [-0.1, -0.05) is 6.92 Å². The number of ether oxygens (including phenoxy) is 1. The molecule has 0 saturated heterocycles. The van der Waals surface area contributed by atoms with Crippen LogP contribution >= 0.6 is 0 Å². The first kappa shape index (κ1) is 15.7. The van der Waals surface area contributed by atoms with Gasteiger partial charge in [0.25, 0.3) is 0 Å². The van der Waals surface area contributed by atoms with Crippen molar-refractivity contribution in [1.29, 1.82) is 0 Å². The van der Waals surface area contributed by atoms with E-state index in [2.05, 4.69) is 10.3 Å². The first-order valence-corrected chi connectivity index (χ1v) is 6.27. The van der Waals surface area contributed by atoms with Gasteiger partial charge in [0, 0.05) is 11.9 Å². The van der Waals surface area contributed by atoms with Crippen LogP contribution in [0.3, 0.4) is 0 Å². The fourth-order valence-corrected chi connectivity index (χ4v) is 1.25. The van der Waals surface area contributed by atoms with Crippen LogP contribution in [0, 0.1) is 6.92 Å². The number of carboxylic acids is 1. The zero-order chi connectivity index (χ0) is 15.1. The third-order valence-corrected chi connectivity index (χ3v) is 2.63. The smallest absolute Gasteiger partial charge is 0.347 e. The number of carboxylic acid groups (broad SMARTS) is 1. The van der Waals surface area contributed by atoms with E-state index in [1.165, 1.54) is 0 Å². The molecule has 108 valence electrons. The summed E-state index contributed by atoms with van der Waals surface area (Å²) in [5.41, 5.74) is 0.978. The normalized spacial score (nSPS) is 12.7. The summed E-state index contributed by atoms with van der Waals surface area (Å²) in [5.74, 6) is -2.20. The van der Waals surface area contributed by atoms with Crippen LogP contribution in [0.5, 0.6) is 0 Å². The average molecular weight is 278 g/mol. The standard InChI is InChI=1S/C14H18N2O4/c1-4-10(3)20-14(19)12(13(17)18)8-16-11-6-5-9(2)15-7-11/h5-8,10,16H,4H2,1-3H3,(H,17,18). The number of hydrogen-bond acceptors (Lipinski definition) is 5. The quantitative estimate of drug-likeness (QED) is 0.358. The van der Waals surface area contributed by atoms with Gasteiger partial charge < -0.3 is 15.2 Å². The lowest BCUT2D eigenvalue weighted by molar-refractivity contribution is -0.147. The van der Waals surface area contributed by atoms with Gasteiger partial charge >= 0.3 is 11.9 Å². The van der Waals surface area contributed by atoms with Gasteiger partial charge in [-0.25, -0.2) is 9.59 Å². The molecule has 0 amide bonds. The van der Waals surface area contributed by atoms with E-state index in [-0.39, 0.29) is 6.10 Å². The highest BCUT2D eigenvalue weighted by Gasteiger charge is 2.20. The zero-order valence-electron chi connectivity index (χ0n) is 11.7. The molecule has 0 radical (unpaired) electrons. The van der Waals surface area contributed by atoms with Crippen molar-refractivity contribution in [2.45, 2.75) is 33.3 Å². The molecule has 0 fully saturated rings. The molecule has 2 N–H and O–H groups in total. The summed E-state index contributed by atoms with van der Waals surface area (Å²) in [5, 5.41) is 11.7. The maximum Gasteiger partial charge on any atom is 0.347 e. The molecule has 6 heteroatoms. The number of esters is 1. The van der Waals surface area contributed by atoms with E-state index < -0.39 is 17.5 Å². The lowest BCUT2D eigenvalue weighted by Gasteiger charge is -2.11. The number of aromatic nitrogens is 1. The highest BCUT2D eigenvalue weighted by Crippen LogP contribution is 2.09. The van der Waals surface area contributed by atoms with Crippen molar-refractivity contribution in [1.82, 2.24) is 4.98 Å². The number of hydrogen-bond donors (Lipinski definition) is 2. The van der Waals surface area contributed by atoms with Crippen LogP contribution < -0.4 is 5.32 Å². The molecule has 0 aliphatic rings. The predicted molar refractivity (Wildman–Crippen MR) is 74.2 cm³/mol. The first-order chi connectivity index (χ1) is 9.43. The molecule has 0 aromatic carbocycles. The van der Waals surface area contributed by atoms with Gasteiger partial charge in [-0.05, 0) is 32.4 Å². The Morgan fingerprint density at radius 1 is 1.50 bits per heavy atom. The molecule has 1 heterocycles. The van der Waals surface area contributed by atoms with E-state index in [0.717, 1.165) is 11.9 Å². The minimum Gasteiger partial charge on any atom is -0.477 e. The molecule has 1 atom stereocenters. The molecule has 1 rings (SSSR count). The monoisotopic (exact) mass is 278 g/mol. The highest BCUT2D eigenvalue weighted by molar-refractivity contribution is 6.13. The fraction of sp³-hybridized carbons (Fsp3) is 0.357. The fourth-order valence-electron chi connectivity index (χ4n) is 1.25. The molecule has 0 saturated carbocycles. The summed E-state index contributed by atoms with van der Waals surface area (Å²) in [7, 11) is 0. The van der Waals surface area contributed by atoms with Crippen molar-refractivity contribution in [2.24, 2.45) is 0 Å². The molecule has 0 aliphatic heterocycles. The number of aliphatic carboxylic acids is 1. The molecule has 0 bridgehead atoms. The Bertz CT molecular complexity index is 508. The Hall–Kier alpha value is -2.37. The number of pyridine rings is 1. The summed E-state index contributed by atoms with van der Waals surface area (Å²) < 4.78 is 4.99. The number of aryl methyl sites for hydroxylation is 1. The van der Waals surface area contributed by atoms with E-state index in [1.54, 1.807) is 25.3 Å². The van der Waals surface area contributed by atoms with E-state index in [9.17, 15) is 9.59 Å². The van der Waals surface area contributed by atoms with Gasteiger partial charge in [0.05, 0.1) is 18.0 Å². The number of nitrogens with one attached hydrogen (secondary N) is 1. The van der Waals surface area contributed by atoms with Crippen molar-refractivity contribution >= 4 is 17.6 Å². The number of carbonyl (C=O) groups is 2. The van der Waals surface area contributed by atoms with E-state index in [1.807, 2.05) is 13.8 Å². The highest BCUT2D eigenvalue weighted by atomic mass is 16.5. The number of rotatable bonds is 6. The third-order valence-electron chi connectivity index (χ3n) is 2.63. The molecular weight excluding hydrogens is 260 g/mol. The second kappa shape index (κ2) is 7.28. The first-order valence-electron chi connectivity index (χ1n) is 6.27. The van der Waals surface area contributed by atoms with Gasteiger partial charge in [-0.3, -0.25) is 4.98 Å². The molecule has 1 aromatic heterocycles. The Kier molecular flexibility index (Phi) is 5.71. The maximum absolute atomic E-state index is 11.7. The Morgan fingerprint density at radius 3 is 2.70 bits per heavy atom. The number of carbonyl (C=O) groups excluding carboxylic acids is 1. The average Bonchev–Trinajstić information content (AvgIpc) is 2.40. The molecule has 0 aliphatic carbocycles. The molecule has 6 nitrogen and oxygen atoms in total.